The van der Waals surface area contributed by atoms with Crippen molar-refractivity contribution in [3.63, 3.8) is 0 Å². The Hall–Kier alpha value is -3.24. The second-order valence-corrected chi connectivity index (χ2v) is 6.94. The molecule has 0 amide bonds. The molecule has 1 aliphatic rings. The average molecular weight is 368 g/mol. The van der Waals surface area contributed by atoms with Crippen LogP contribution in [0.1, 0.15) is 12.0 Å². The summed E-state index contributed by atoms with van der Waals surface area (Å²) >= 11 is 0. The first-order valence-corrected chi connectivity index (χ1v) is 9.62. The van der Waals surface area contributed by atoms with Crippen LogP contribution in [0.25, 0.3) is 11.1 Å². The maximum absolute atomic E-state index is 4.40. The van der Waals surface area contributed by atoms with Crippen molar-refractivity contribution >= 4 is 11.9 Å². The fraction of sp³-hybridized carbons (Fsp3) is 0.167. The van der Waals surface area contributed by atoms with Gasteiger partial charge in [-0.1, -0.05) is 54.6 Å². The normalized spacial score (nSPS) is 14.8. The van der Waals surface area contributed by atoms with E-state index in [1.165, 1.54) is 11.1 Å². The van der Waals surface area contributed by atoms with Crippen LogP contribution in [0, 0.1) is 0 Å². The number of anilines is 1. The topological polar surface area (TPSA) is 40.5 Å². The molecule has 0 radical (unpaired) electrons. The number of nitrogens with zero attached hydrogens (tertiary/aromatic N) is 3. The van der Waals surface area contributed by atoms with Crippen LogP contribution < -0.4 is 5.43 Å². The number of hydrogen-bond donors (Lipinski definition) is 1. The van der Waals surface area contributed by atoms with Crippen molar-refractivity contribution in [1.82, 2.24) is 9.88 Å². The van der Waals surface area contributed by atoms with Gasteiger partial charge in [0.05, 0.1) is 11.9 Å². The van der Waals surface area contributed by atoms with E-state index < -0.39 is 0 Å². The molecular formula is C24H24N4. The lowest BCUT2D eigenvalue weighted by molar-refractivity contribution is 0.288. The number of hydrogen-bond acceptors (Lipinski definition) is 4. The van der Waals surface area contributed by atoms with Gasteiger partial charge in [0.25, 0.3) is 0 Å². The summed E-state index contributed by atoms with van der Waals surface area (Å²) in [4.78, 5) is 6.62. The van der Waals surface area contributed by atoms with Crippen LogP contribution in [-0.2, 0) is 6.54 Å². The highest BCUT2D eigenvalue weighted by molar-refractivity contribution is 5.79. The lowest BCUT2D eigenvalue weighted by atomic mass is 10.1. The Morgan fingerprint density at radius 3 is 2.54 bits per heavy atom. The van der Waals surface area contributed by atoms with Crippen LogP contribution >= 0.6 is 0 Å². The van der Waals surface area contributed by atoms with E-state index in [9.17, 15) is 0 Å². The van der Waals surface area contributed by atoms with Gasteiger partial charge in [-0.15, -0.1) is 0 Å². The largest absolute Gasteiger partial charge is 0.295 e. The lowest BCUT2D eigenvalue weighted by Crippen LogP contribution is -2.28. The summed E-state index contributed by atoms with van der Waals surface area (Å²) in [5, 5.41) is 4.40. The van der Waals surface area contributed by atoms with Crippen molar-refractivity contribution in [2.24, 2.45) is 5.10 Å². The molecule has 0 atom stereocenters. The summed E-state index contributed by atoms with van der Waals surface area (Å²) in [6.45, 7) is 3.03. The third-order valence-electron chi connectivity index (χ3n) is 4.88. The number of hydrazone groups is 1. The van der Waals surface area contributed by atoms with Gasteiger partial charge in [-0.3, -0.25) is 15.3 Å². The van der Waals surface area contributed by atoms with Crippen LogP contribution in [0.2, 0.25) is 0 Å². The first-order chi connectivity index (χ1) is 13.9. The first kappa shape index (κ1) is 18.1. The average Bonchev–Trinajstić information content (AvgIpc) is 2.77. The molecule has 1 aromatic heterocycles. The zero-order chi connectivity index (χ0) is 19.0. The van der Waals surface area contributed by atoms with Crippen LogP contribution in [0.3, 0.4) is 0 Å². The lowest BCUT2D eigenvalue weighted by Gasteiger charge is -2.25. The molecule has 0 aliphatic carbocycles. The molecule has 2 heterocycles. The van der Waals surface area contributed by atoms with Crippen LogP contribution in [0.4, 0.5) is 5.69 Å². The fourth-order valence-electron chi connectivity index (χ4n) is 3.29. The highest BCUT2D eigenvalue weighted by Crippen LogP contribution is 2.20. The van der Waals surface area contributed by atoms with Gasteiger partial charge in [-0.2, -0.15) is 5.10 Å². The summed E-state index contributed by atoms with van der Waals surface area (Å²) in [7, 11) is 0. The summed E-state index contributed by atoms with van der Waals surface area (Å²) < 4.78 is 0. The Morgan fingerprint density at radius 1 is 0.964 bits per heavy atom. The molecule has 1 N–H and O–H groups in total. The maximum Gasteiger partial charge on any atom is 0.0562 e. The highest BCUT2D eigenvalue weighted by Gasteiger charge is 2.10. The molecule has 4 heteroatoms. The van der Waals surface area contributed by atoms with Crippen LogP contribution in [0.5, 0.6) is 0 Å². The van der Waals surface area contributed by atoms with E-state index in [1.54, 1.807) is 6.20 Å². The first-order valence-electron chi connectivity index (χ1n) is 9.62. The molecule has 2 aromatic carbocycles. The molecule has 0 saturated carbocycles. The minimum absolute atomic E-state index is 0.968. The molecular weight excluding hydrogens is 344 g/mol. The SMILES string of the molecule is C(=NNc1ccc(-c2cccnc2)cc1)C1=CCN(Cc2ccccc2)CC1. The Morgan fingerprint density at radius 2 is 1.82 bits per heavy atom. The van der Waals surface area contributed by atoms with Crippen molar-refractivity contribution in [2.45, 2.75) is 13.0 Å². The Kier molecular flexibility index (Phi) is 5.90. The van der Waals surface area contributed by atoms with Gasteiger partial charge < -0.3 is 0 Å². The molecule has 1 aliphatic heterocycles. The fourth-order valence-corrected chi connectivity index (χ4v) is 3.29. The third kappa shape index (κ3) is 4.93. The van der Waals surface area contributed by atoms with Gasteiger partial charge in [-0.05, 0) is 46.9 Å². The van der Waals surface area contributed by atoms with E-state index >= 15 is 0 Å². The van der Waals surface area contributed by atoms with Crippen molar-refractivity contribution < 1.29 is 0 Å². The van der Waals surface area contributed by atoms with E-state index in [2.05, 4.69) is 75.0 Å². The second kappa shape index (κ2) is 9.11. The smallest absolute Gasteiger partial charge is 0.0562 e. The standard InChI is InChI=1S/C24H24N4/c1-2-5-21(6-3-1)19-28-15-12-20(13-16-28)17-26-27-24-10-8-22(9-11-24)23-7-4-14-25-18-23/h1-12,14,17-18,27H,13,15-16,19H2. The number of pyridine rings is 1. The zero-order valence-corrected chi connectivity index (χ0v) is 15.8. The summed E-state index contributed by atoms with van der Waals surface area (Å²) in [6, 6.07) is 22.9. The number of aromatic nitrogens is 1. The molecule has 4 rings (SSSR count). The molecule has 3 aromatic rings. The molecule has 0 unspecified atom stereocenters. The number of rotatable bonds is 6. The van der Waals surface area contributed by atoms with E-state index in [0.717, 1.165) is 42.9 Å². The highest BCUT2D eigenvalue weighted by atomic mass is 15.3. The monoisotopic (exact) mass is 368 g/mol. The Labute approximate surface area is 166 Å². The second-order valence-electron chi connectivity index (χ2n) is 6.94. The summed E-state index contributed by atoms with van der Waals surface area (Å²) in [5.74, 6) is 0. The van der Waals surface area contributed by atoms with Crippen molar-refractivity contribution in [3.8, 4) is 11.1 Å². The Bertz CT molecular complexity index is 931. The predicted octanol–water partition coefficient (Wildman–Crippen LogP) is 4.98. The van der Waals surface area contributed by atoms with Crippen LogP contribution in [0.15, 0.2) is 95.9 Å². The van der Waals surface area contributed by atoms with E-state index in [4.69, 9.17) is 0 Å². The third-order valence-corrected chi connectivity index (χ3v) is 4.88. The van der Waals surface area contributed by atoms with Crippen molar-refractivity contribution in [2.75, 3.05) is 18.5 Å². The van der Waals surface area contributed by atoms with Crippen molar-refractivity contribution in [3.05, 3.63) is 96.3 Å². The summed E-state index contributed by atoms with van der Waals surface area (Å²) in [5.41, 5.74) is 9.01. The maximum atomic E-state index is 4.40. The van der Waals surface area contributed by atoms with Gasteiger partial charge in [0.1, 0.15) is 0 Å². The molecule has 0 saturated heterocycles. The van der Waals surface area contributed by atoms with E-state index in [1.807, 2.05) is 30.6 Å². The Balaban J connectivity index is 1.28. The molecule has 0 bridgehead atoms. The molecule has 4 nitrogen and oxygen atoms in total. The summed E-state index contributed by atoms with van der Waals surface area (Å²) in [6.07, 6.45) is 8.89. The van der Waals surface area contributed by atoms with Crippen LogP contribution in [-0.4, -0.2) is 29.2 Å². The molecule has 0 fully saturated rings. The number of benzene rings is 2. The van der Waals surface area contributed by atoms with Gasteiger partial charge in [0, 0.05) is 32.0 Å². The van der Waals surface area contributed by atoms with Gasteiger partial charge in [-0.25, -0.2) is 0 Å². The van der Waals surface area contributed by atoms with E-state index in [-0.39, 0.29) is 0 Å². The molecule has 0 spiro atoms. The molecule has 28 heavy (non-hydrogen) atoms. The number of nitrogens with one attached hydrogen (secondary N) is 1. The quantitative estimate of drug-likeness (QED) is 0.493. The van der Waals surface area contributed by atoms with Gasteiger partial charge in [0.2, 0.25) is 0 Å². The van der Waals surface area contributed by atoms with Gasteiger partial charge in [0.15, 0.2) is 0 Å². The minimum Gasteiger partial charge on any atom is -0.295 e. The molecule has 140 valence electrons. The van der Waals surface area contributed by atoms with Gasteiger partial charge >= 0.3 is 0 Å². The van der Waals surface area contributed by atoms with Crippen molar-refractivity contribution in [1.29, 1.82) is 0 Å². The minimum atomic E-state index is 0.968. The predicted molar refractivity (Wildman–Crippen MR) is 116 cm³/mol. The van der Waals surface area contributed by atoms with E-state index in [0.29, 0.717) is 0 Å². The zero-order valence-electron chi connectivity index (χ0n) is 15.8.